The zero-order valence-electron chi connectivity index (χ0n) is 40.4. The lowest BCUT2D eigenvalue weighted by molar-refractivity contribution is -0.138. The first-order valence-electron chi connectivity index (χ1n) is 25.0. The summed E-state index contributed by atoms with van der Waals surface area (Å²) in [6, 6.07) is 19.8. The number of aromatic nitrogens is 2. The lowest BCUT2D eigenvalue weighted by Crippen LogP contribution is -2.50. The number of ether oxygens (including phenoxy) is 2. The summed E-state index contributed by atoms with van der Waals surface area (Å²) >= 11 is 6.71. The summed E-state index contributed by atoms with van der Waals surface area (Å²) < 4.78 is 46.0. The first-order chi connectivity index (χ1) is 34.3. The largest absolute Gasteiger partial charge is 0.494 e. The van der Waals surface area contributed by atoms with Crippen molar-refractivity contribution >= 4 is 51.8 Å². The summed E-state index contributed by atoms with van der Waals surface area (Å²) in [6.45, 7) is 8.43. The Hall–Kier alpha value is -6.10. The monoisotopic (exact) mass is 990 g/mol. The van der Waals surface area contributed by atoms with E-state index in [0.717, 1.165) is 112 Å². The lowest BCUT2D eigenvalue weighted by atomic mass is 9.77. The second kappa shape index (κ2) is 19.8. The van der Waals surface area contributed by atoms with Gasteiger partial charge in [-0.1, -0.05) is 61.0 Å². The number of nitrogens with two attached hydrogens (primary N) is 1. The van der Waals surface area contributed by atoms with Crippen LogP contribution in [0.1, 0.15) is 97.3 Å². The third-order valence-electron chi connectivity index (χ3n) is 16.1. The van der Waals surface area contributed by atoms with Crippen molar-refractivity contribution in [3.05, 3.63) is 106 Å². The minimum absolute atomic E-state index is 0.000351. The number of primary amides is 1. The van der Waals surface area contributed by atoms with Gasteiger partial charge in [-0.2, -0.15) is 5.10 Å². The lowest BCUT2D eigenvalue weighted by Gasteiger charge is -2.41. The van der Waals surface area contributed by atoms with Crippen molar-refractivity contribution in [3.63, 3.8) is 0 Å². The van der Waals surface area contributed by atoms with Crippen molar-refractivity contribution < 1.29 is 37.4 Å². The maximum Gasteiger partial charge on any atom is 0.249 e. The van der Waals surface area contributed by atoms with Crippen molar-refractivity contribution in [1.82, 2.24) is 30.2 Å². The van der Waals surface area contributed by atoms with Gasteiger partial charge < -0.3 is 30.3 Å². The number of nitrogens with one attached hydrogen (secondary N) is 2. The van der Waals surface area contributed by atoms with Gasteiger partial charge in [-0.15, -0.1) is 0 Å². The molecule has 71 heavy (non-hydrogen) atoms. The highest BCUT2D eigenvalue weighted by atomic mass is 35.5. The predicted octanol–water partition coefficient (Wildman–Crippen LogP) is 7.40. The average molecular weight is 992 g/mol. The van der Waals surface area contributed by atoms with E-state index in [2.05, 4.69) is 31.4 Å². The molecule has 0 radical (unpaired) electrons. The molecule has 1 aliphatic carbocycles. The summed E-state index contributed by atoms with van der Waals surface area (Å²) in [5.41, 5.74) is 8.40. The van der Waals surface area contributed by atoms with Crippen molar-refractivity contribution in [2.75, 3.05) is 64.4 Å². The molecule has 374 valence electrons. The van der Waals surface area contributed by atoms with Gasteiger partial charge in [-0.05, 0) is 74.6 Å². The smallest absolute Gasteiger partial charge is 0.249 e. The number of benzene rings is 4. The van der Waals surface area contributed by atoms with E-state index in [4.69, 9.17) is 31.9 Å². The van der Waals surface area contributed by atoms with E-state index in [9.17, 15) is 19.2 Å². The van der Waals surface area contributed by atoms with Gasteiger partial charge in [0.15, 0.2) is 17.2 Å². The Kier molecular flexibility index (Phi) is 13.6. The number of hydrogen-bond donors (Lipinski definition) is 3. The quantitative estimate of drug-likeness (QED) is 0.107. The number of aryl methyl sites for hydroxylation is 1. The van der Waals surface area contributed by atoms with Gasteiger partial charge in [-0.3, -0.25) is 34.1 Å². The second-order valence-corrected chi connectivity index (χ2v) is 20.5. The molecule has 5 aromatic rings. The highest BCUT2D eigenvalue weighted by Gasteiger charge is 2.50. The standard InChI is InChI=1S/C54H61ClF2N8O6/c1-31-44-42(28-39(56)47(55)46(44)45-36(51(58)67)16-18-41(70-3)48(45)57)71-54(31,34-8-5-4-6-9-34)30-59-35-14-12-33(13-15-35)53(69)65-22-20-32(21-23-65)29-63-24-26-64(27-25-63)40-11-7-10-37-49(61-62(2)50(37)40)38-17-19-43(66)60-52(38)68/h4-11,16,18,28,31-33,35,38,59H,12-15,17,19-27,29-30H2,1-3H3,(H2,58,67)(H,60,66,68)/t31-,33?,35?,38?,54-/m0/s1. The maximum absolute atomic E-state index is 16.2. The minimum Gasteiger partial charge on any atom is -0.494 e. The van der Waals surface area contributed by atoms with E-state index in [1.165, 1.54) is 25.3 Å². The Morgan fingerprint density at radius 1 is 0.930 bits per heavy atom. The molecule has 5 aliphatic rings. The molecule has 17 heteroatoms. The first-order valence-corrected chi connectivity index (χ1v) is 25.4. The van der Waals surface area contributed by atoms with Crippen molar-refractivity contribution in [3.8, 4) is 22.6 Å². The Morgan fingerprint density at radius 3 is 2.35 bits per heavy atom. The van der Waals surface area contributed by atoms with Gasteiger partial charge >= 0.3 is 0 Å². The normalized spacial score (nSPS) is 24.2. The summed E-state index contributed by atoms with van der Waals surface area (Å²) in [5.74, 6) is -3.30. The summed E-state index contributed by atoms with van der Waals surface area (Å²) in [7, 11) is 3.23. The third kappa shape index (κ3) is 9.00. The van der Waals surface area contributed by atoms with Crippen LogP contribution in [0.5, 0.6) is 11.5 Å². The molecule has 3 saturated heterocycles. The van der Waals surface area contributed by atoms with Crippen molar-refractivity contribution in [1.29, 1.82) is 0 Å². The van der Waals surface area contributed by atoms with Crippen LogP contribution in [0.4, 0.5) is 14.5 Å². The summed E-state index contributed by atoms with van der Waals surface area (Å²) in [4.78, 5) is 58.3. The van der Waals surface area contributed by atoms with Gasteiger partial charge in [0.2, 0.25) is 23.6 Å². The zero-order valence-corrected chi connectivity index (χ0v) is 41.2. The van der Waals surface area contributed by atoms with Gasteiger partial charge in [0.05, 0.1) is 40.5 Å². The number of likely N-dealkylation sites (tertiary alicyclic amines) is 1. The number of piperazine rings is 1. The number of para-hydroxylation sites is 1. The summed E-state index contributed by atoms with van der Waals surface area (Å²) in [6.07, 6.45) is 5.85. The van der Waals surface area contributed by atoms with Crippen LogP contribution in [0.2, 0.25) is 5.02 Å². The second-order valence-electron chi connectivity index (χ2n) is 20.1. The predicted molar refractivity (Wildman–Crippen MR) is 267 cm³/mol. The van der Waals surface area contributed by atoms with Gasteiger partial charge in [0.25, 0.3) is 0 Å². The number of amides is 4. The van der Waals surface area contributed by atoms with E-state index >= 15 is 8.78 Å². The molecule has 14 nitrogen and oxygen atoms in total. The average Bonchev–Trinajstić information content (AvgIpc) is 3.86. The van der Waals surface area contributed by atoms with Crippen molar-refractivity contribution in [2.45, 2.75) is 81.8 Å². The number of methoxy groups -OCH3 is 1. The van der Waals surface area contributed by atoms with Crippen molar-refractivity contribution in [2.24, 2.45) is 24.6 Å². The Bertz CT molecular complexity index is 2880. The molecule has 0 bridgehead atoms. The Balaban J connectivity index is 0.736. The van der Waals surface area contributed by atoms with Crippen LogP contribution in [0, 0.1) is 23.5 Å². The van der Waals surface area contributed by atoms with Crippen LogP contribution in [0.25, 0.3) is 22.0 Å². The number of rotatable bonds is 12. The molecule has 1 unspecified atom stereocenters. The van der Waals surface area contributed by atoms with Gasteiger partial charge in [0.1, 0.15) is 11.6 Å². The van der Waals surface area contributed by atoms with E-state index in [-0.39, 0.29) is 62.9 Å². The van der Waals surface area contributed by atoms with E-state index in [0.29, 0.717) is 30.9 Å². The molecule has 1 aromatic heterocycles. The molecule has 10 rings (SSSR count). The number of hydrogen-bond acceptors (Lipinski definition) is 10. The van der Waals surface area contributed by atoms with Crippen LogP contribution < -0.4 is 30.7 Å². The number of imide groups is 1. The van der Waals surface area contributed by atoms with Crippen LogP contribution >= 0.6 is 11.6 Å². The number of nitrogens with zero attached hydrogens (tertiary/aromatic N) is 5. The molecule has 5 heterocycles. The number of fused-ring (bicyclic) bond motifs is 2. The molecule has 4 N–H and O–H groups in total. The first kappa shape index (κ1) is 48.5. The third-order valence-corrected chi connectivity index (χ3v) is 16.4. The number of piperidine rings is 2. The fourth-order valence-corrected chi connectivity index (χ4v) is 12.4. The van der Waals surface area contributed by atoms with E-state index in [1.54, 1.807) is 0 Å². The molecule has 3 atom stereocenters. The van der Waals surface area contributed by atoms with Crippen LogP contribution in [-0.4, -0.2) is 109 Å². The fraction of sp³-hybridized carbons (Fsp3) is 0.463. The molecule has 4 aliphatic heterocycles. The van der Waals surface area contributed by atoms with E-state index < -0.39 is 35.0 Å². The van der Waals surface area contributed by atoms with Gasteiger partial charge in [-0.25, -0.2) is 8.78 Å². The minimum atomic E-state index is -1.07. The highest BCUT2D eigenvalue weighted by Crippen LogP contribution is 2.56. The molecule has 4 amide bonds. The molecular weight excluding hydrogens is 930 g/mol. The maximum atomic E-state index is 16.2. The molecule has 4 fully saturated rings. The summed E-state index contributed by atoms with van der Waals surface area (Å²) in [5, 5.41) is 11.6. The molecule has 4 aromatic carbocycles. The van der Waals surface area contributed by atoms with Crippen LogP contribution in [-0.2, 0) is 27.0 Å². The van der Waals surface area contributed by atoms with Crippen LogP contribution in [0.3, 0.4) is 0 Å². The Labute approximate surface area is 417 Å². The van der Waals surface area contributed by atoms with Crippen LogP contribution in [0.15, 0.2) is 66.7 Å². The molecule has 1 saturated carbocycles. The molecule has 0 spiro atoms. The van der Waals surface area contributed by atoms with E-state index in [1.807, 2.05) is 61.1 Å². The number of halogens is 3. The number of anilines is 1. The SMILES string of the molecule is COc1ccc(C(N)=O)c(-c2c(Cl)c(F)cc3c2[C@H](C)[C@@](CNC2CCC(C(=O)N4CCC(CN5CCN(c6cccc7c(C8CCC(=O)NC8=O)nn(C)c67)CC5)CC4)CC2)(c2ccccc2)O3)c1F. The number of carbonyl (C=O) groups is 4. The topological polar surface area (TPSA) is 164 Å². The Morgan fingerprint density at radius 2 is 1.66 bits per heavy atom. The fourth-order valence-electron chi connectivity index (χ4n) is 12.2. The number of carbonyl (C=O) groups excluding carboxylic acids is 4. The van der Waals surface area contributed by atoms with Gasteiger partial charge in [0, 0.05) is 112 Å². The highest BCUT2D eigenvalue weighted by molar-refractivity contribution is 6.34. The zero-order chi connectivity index (χ0) is 49.7. The molecular formula is C54H61ClF2N8O6.